The van der Waals surface area contributed by atoms with Gasteiger partial charge in [-0.25, -0.2) is 9.38 Å². The lowest BCUT2D eigenvalue weighted by molar-refractivity contribution is -0.144. The van der Waals surface area contributed by atoms with Crippen LogP contribution in [0.15, 0.2) is 23.2 Å². The zero-order valence-corrected chi connectivity index (χ0v) is 15.5. The van der Waals surface area contributed by atoms with Gasteiger partial charge in [0, 0.05) is 18.8 Å². The van der Waals surface area contributed by atoms with Crippen LogP contribution in [0, 0.1) is 11.7 Å². The third-order valence-electron chi connectivity index (χ3n) is 3.40. The molecule has 5 nitrogen and oxygen atoms in total. The van der Waals surface area contributed by atoms with Crippen LogP contribution in [-0.2, 0) is 21.8 Å². The molecular formula is C17H26FN3O2S. The van der Waals surface area contributed by atoms with Gasteiger partial charge < -0.3 is 15.4 Å². The average molecular weight is 355 g/mol. The van der Waals surface area contributed by atoms with Crippen molar-refractivity contribution in [2.45, 2.75) is 26.1 Å². The quantitative estimate of drug-likeness (QED) is 0.426. The zero-order valence-electron chi connectivity index (χ0n) is 14.7. The van der Waals surface area contributed by atoms with E-state index in [0.717, 1.165) is 16.9 Å². The first-order valence-electron chi connectivity index (χ1n) is 7.88. The Hall–Kier alpha value is -1.76. The lowest BCUT2D eigenvalue weighted by Gasteiger charge is -2.15. The molecule has 1 unspecified atom stereocenters. The predicted molar refractivity (Wildman–Crippen MR) is 97.6 cm³/mol. The highest BCUT2D eigenvalue weighted by molar-refractivity contribution is 7.97. The van der Waals surface area contributed by atoms with Crippen LogP contribution in [0.4, 0.5) is 4.39 Å². The first-order valence-corrected chi connectivity index (χ1v) is 9.27. The van der Waals surface area contributed by atoms with Gasteiger partial charge in [-0.1, -0.05) is 13.0 Å². The van der Waals surface area contributed by atoms with Gasteiger partial charge >= 0.3 is 5.97 Å². The topological polar surface area (TPSA) is 62.7 Å². The van der Waals surface area contributed by atoms with Gasteiger partial charge in [0.1, 0.15) is 5.82 Å². The lowest BCUT2D eigenvalue weighted by atomic mass is 10.1. The number of guanidine groups is 1. The molecule has 0 aliphatic heterocycles. The van der Waals surface area contributed by atoms with E-state index in [-0.39, 0.29) is 17.7 Å². The van der Waals surface area contributed by atoms with E-state index >= 15 is 0 Å². The Labute approximate surface area is 147 Å². The molecule has 7 heteroatoms. The van der Waals surface area contributed by atoms with E-state index in [0.29, 0.717) is 25.6 Å². The molecule has 1 aromatic carbocycles. The number of esters is 1. The highest BCUT2D eigenvalue weighted by atomic mass is 32.2. The fraction of sp³-hybridized carbons (Fsp3) is 0.529. The van der Waals surface area contributed by atoms with E-state index < -0.39 is 0 Å². The molecule has 0 aliphatic carbocycles. The number of carbonyl (C=O) groups is 1. The van der Waals surface area contributed by atoms with Gasteiger partial charge in [0.2, 0.25) is 0 Å². The largest absolute Gasteiger partial charge is 0.469 e. The number of aliphatic imine (C=N–C) groups is 1. The third kappa shape index (κ3) is 6.78. The Morgan fingerprint density at radius 2 is 2.12 bits per heavy atom. The summed E-state index contributed by atoms with van der Waals surface area (Å²) in [6.45, 7) is 5.34. The van der Waals surface area contributed by atoms with Crippen LogP contribution in [0.5, 0.6) is 0 Å². The van der Waals surface area contributed by atoms with Crippen LogP contribution in [0.1, 0.15) is 25.0 Å². The van der Waals surface area contributed by atoms with E-state index in [1.54, 1.807) is 30.8 Å². The SMILES string of the molecule is CCNC(=NCc1ccc(F)cc1CSC)NCC(C)C(=O)OC. The molecule has 0 bridgehead atoms. The molecule has 0 spiro atoms. The summed E-state index contributed by atoms with van der Waals surface area (Å²) in [4.78, 5) is 16.0. The summed E-state index contributed by atoms with van der Waals surface area (Å²) >= 11 is 1.64. The monoisotopic (exact) mass is 355 g/mol. The number of carbonyl (C=O) groups excluding carboxylic acids is 1. The van der Waals surface area contributed by atoms with Crippen molar-refractivity contribution in [3.05, 3.63) is 35.1 Å². The summed E-state index contributed by atoms with van der Waals surface area (Å²) in [5.74, 6) is 0.596. The Balaban J connectivity index is 2.77. The standard InChI is InChI=1S/C17H26FN3O2S/c1-5-19-17(20-9-12(2)16(22)23-3)21-10-13-6-7-15(18)8-14(13)11-24-4/h6-8,12H,5,9-11H2,1-4H3,(H2,19,20,21). The number of nitrogens with one attached hydrogen (secondary N) is 2. The molecule has 24 heavy (non-hydrogen) atoms. The van der Waals surface area contributed by atoms with Gasteiger partial charge in [0.15, 0.2) is 5.96 Å². The predicted octanol–water partition coefficient (Wildman–Crippen LogP) is 2.55. The van der Waals surface area contributed by atoms with E-state index in [9.17, 15) is 9.18 Å². The molecule has 2 N–H and O–H groups in total. The van der Waals surface area contributed by atoms with Crippen LogP contribution in [0.3, 0.4) is 0 Å². The number of thioether (sulfide) groups is 1. The maximum atomic E-state index is 13.4. The minimum absolute atomic E-state index is 0.233. The third-order valence-corrected chi connectivity index (χ3v) is 4.00. The van der Waals surface area contributed by atoms with E-state index in [1.165, 1.54) is 13.2 Å². The van der Waals surface area contributed by atoms with Crippen molar-refractivity contribution in [3.8, 4) is 0 Å². The second-order valence-corrected chi connectivity index (χ2v) is 6.21. The zero-order chi connectivity index (χ0) is 17.9. The molecular weight excluding hydrogens is 329 g/mol. The fourth-order valence-electron chi connectivity index (χ4n) is 2.08. The van der Waals surface area contributed by atoms with Crippen molar-refractivity contribution < 1.29 is 13.9 Å². The summed E-state index contributed by atoms with van der Waals surface area (Å²) < 4.78 is 18.1. The van der Waals surface area contributed by atoms with Crippen molar-refractivity contribution in [3.63, 3.8) is 0 Å². The molecule has 0 fully saturated rings. The van der Waals surface area contributed by atoms with Gasteiger partial charge in [0.05, 0.1) is 19.6 Å². The molecule has 1 aromatic rings. The number of hydrogen-bond donors (Lipinski definition) is 2. The summed E-state index contributed by atoms with van der Waals surface area (Å²) in [5.41, 5.74) is 1.94. The number of rotatable bonds is 8. The minimum atomic E-state index is -0.267. The number of halogens is 1. The minimum Gasteiger partial charge on any atom is -0.469 e. The molecule has 1 rings (SSSR count). The summed E-state index contributed by atoms with van der Waals surface area (Å²) in [5, 5.41) is 6.26. The van der Waals surface area contributed by atoms with Crippen LogP contribution in [0.2, 0.25) is 0 Å². The molecule has 0 aliphatic rings. The fourth-order valence-corrected chi connectivity index (χ4v) is 2.66. The molecule has 0 saturated heterocycles. The maximum Gasteiger partial charge on any atom is 0.310 e. The number of ether oxygens (including phenoxy) is 1. The van der Waals surface area contributed by atoms with E-state index in [2.05, 4.69) is 15.6 Å². The first-order chi connectivity index (χ1) is 11.5. The number of benzene rings is 1. The highest BCUT2D eigenvalue weighted by Crippen LogP contribution is 2.17. The molecule has 0 amide bonds. The van der Waals surface area contributed by atoms with Crippen LogP contribution in [0.25, 0.3) is 0 Å². The summed E-state index contributed by atoms with van der Waals surface area (Å²) in [6.07, 6.45) is 1.98. The van der Waals surface area contributed by atoms with E-state index in [1.807, 2.05) is 13.2 Å². The second-order valence-electron chi connectivity index (χ2n) is 5.35. The van der Waals surface area contributed by atoms with Crippen molar-refractivity contribution in [2.24, 2.45) is 10.9 Å². The highest BCUT2D eigenvalue weighted by Gasteiger charge is 2.13. The van der Waals surface area contributed by atoms with Crippen LogP contribution in [-0.4, -0.2) is 38.4 Å². The van der Waals surface area contributed by atoms with Gasteiger partial charge in [-0.05, 0) is 36.4 Å². The van der Waals surface area contributed by atoms with Crippen molar-refractivity contribution in [2.75, 3.05) is 26.5 Å². The average Bonchev–Trinajstić information content (AvgIpc) is 2.57. The summed E-state index contributed by atoms with van der Waals surface area (Å²) in [6, 6.07) is 4.78. The molecule has 0 heterocycles. The van der Waals surface area contributed by atoms with Crippen molar-refractivity contribution in [1.29, 1.82) is 0 Å². The second kappa shape index (κ2) is 10.9. The van der Waals surface area contributed by atoms with Crippen molar-refractivity contribution in [1.82, 2.24) is 10.6 Å². The summed E-state index contributed by atoms with van der Waals surface area (Å²) in [7, 11) is 1.37. The van der Waals surface area contributed by atoms with E-state index in [4.69, 9.17) is 4.74 Å². The van der Waals surface area contributed by atoms with Crippen molar-refractivity contribution >= 4 is 23.7 Å². The number of methoxy groups -OCH3 is 1. The smallest absolute Gasteiger partial charge is 0.310 e. The molecule has 0 aromatic heterocycles. The Kier molecular flexibility index (Phi) is 9.22. The molecule has 1 atom stereocenters. The lowest BCUT2D eigenvalue weighted by Crippen LogP contribution is -2.40. The number of nitrogens with zero attached hydrogens (tertiary/aromatic N) is 1. The van der Waals surface area contributed by atoms with Crippen LogP contribution < -0.4 is 10.6 Å². The van der Waals surface area contributed by atoms with Gasteiger partial charge in [-0.3, -0.25) is 4.79 Å². The normalized spacial score (nSPS) is 12.6. The molecule has 0 saturated carbocycles. The Morgan fingerprint density at radius 1 is 1.38 bits per heavy atom. The molecule has 0 radical (unpaired) electrons. The molecule has 134 valence electrons. The van der Waals surface area contributed by atoms with Gasteiger partial charge in [-0.15, -0.1) is 0 Å². The Bertz CT molecular complexity index is 567. The Morgan fingerprint density at radius 3 is 2.75 bits per heavy atom. The van der Waals surface area contributed by atoms with Gasteiger partial charge in [0.25, 0.3) is 0 Å². The van der Waals surface area contributed by atoms with Crippen LogP contribution >= 0.6 is 11.8 Å². The number of hydrogen-bond acceptors (Lipinski definition) is 4. The first kappa shape index (κ1) is 20.3. The maximum absolute atomic E-state index is 13.4. The van der Waals surface area contributed by atoms with Gasteiger partial charge in [-0.2, -0.15) is 11.8 Å².